The molecule has 26 heavy (non-hydrogen) atoms. The molecule has 0 saturated carbocycles. The summed E-state index contributed by atoms with van der Waals surface area (Å²) >= 11 is 6.13. The third kappa shape index (κ3) is 3.84. The van der Waals surface area contributed by atoms with E-state index in [0.717, 1.165) is 48.1 Å². The van der Waals surface area contributed by atoms with Crippen molar-refractivity contribution in [2.45, 2.75) is 19.9 Å². The fourth-order valence-corrected chi connectivity index (χ4v) is 3.98. The molecule has 3 heterocycles. The summed E-state index contributed by atoms with van der Waals surface area (Å²) in [6.45, 7) is 6.46. The number of nitrogens with one attached hydrogen (secondary N) is 2. The molecule has 0 radical (unpaired) electrons. The SMILES string of the molecule is CC1CCN(Cc2cccc(Cl)c2)CC1CNc1ncnc2[nH]ccc12. The molecule has 2 aromatic heterocycles. The van der Waals surface area contributed by atoms with Crippen LogP contribution in [0.5, 0.6) is 0 Å². The third-order valence-corrected chi connectivity index (χ3v) is 5.61. The lowest BCUT2D eigenvalue weighted by Crippen LogP contribution is -2.41. The first kappa shape index (κ1) is 17.3. The van der Waals surface area contributed by atoms with E-state index in [2.05, 4.69) is 44.2 Å². The van der Waals surface area contributed by atoms with Crippen molar-refractivity contribution in [3.8, 4) is 0 Å². The molecule has 4 rings (SSSR count). The van der Waals surface area contributed by atoms with Gasteiger partial charge in [0.2, 0.25) is 0 Å². The summed E-state index contributed by atoms with van der Waals surface area (Å²) in [6.07, 6.45) is 4.73. The lowest BCUT2D eigenvalue weighted by molar-refractivity contribution is 0.128. The highest BCUT2D eigenvalue weighted by atomic mass is 35.5. The zero-order chi connectivity index (χ0) is 17.9. The van der Waals surface area contributed by atoms with Crippen molar-refractivity contribution in [2.24, 2.45) is 11.8 Å². The van der Waals surface area contributed by atoms with E-state index in [1.165, 1.54) is 12.0 Å². The molecule has 3 aromatic rings. The molecule has 1 fully saturated rings. The Labute approximate surface area is 158 Å². The molecule has 2 atom stereocenters. The highest BCUT2D eigenvalue weighted by Gasteiger charge is 2.26. The maximum absolute atomic E-state index is 6.13. The van der Waals surface area contributed by atoms with Crippen LogP contribution in [-0.2, 0) is 6.54 Å². The molecule has 6 heteroatoms. The van der Waals surface area contributed by atoms with Gasteiger partial charge in [-0.1, -0.05) is 30.7 Å². The van der Waals surface area contributed by atoms with Gasteiger partial charge in [0, 0.05) is 30.9 Å². The normalized spacial score (nSPS) is 21.2. The van der Waals surface area contributed by atoms with Gasteiger partial charge in [-0.25, -0.2) is 9.97 Å². The molecule has 1 aliphatic heterocycles. The molecule has 136 valence electrons. The minimum atomic E-state index is 0.590. The maximum atomic E-state index is 6.13. The Hall–Kier alpha value is -2.11. The van der Waals surface area contributed by atoms with Crippen LogP contribution in [0, 0.1) is 11.8 Å². The number of halogens is 1. The minimum absolute atomic E-state index is 0.590. The lowest BCUT2D eigenvalue weighted by atomic mass is 9.86. The first-order chi connectivity index (χ1) is 12.7. The molecule has 0 bridgehead atoms. The monoisotopic (exact) mass is 369 g/mol. The Bertz CT molecular complexity index is 877. The molecule has 1 aliphatic rings. The molecule has 1 aromatic carbocycles. The van der Waals surface area contributed by atoms with Crippen molar-refractivity contribution in [1.82, 2.24) is 19.9 Å². The summed E-state index contributed by atoms with van der Waals surface area (Å²) in [5.74, 6) is 2.20. The van der Waals surface area contributed by atoms with Gasteiger partial charge in [0.05, 0.1) is 5.39 Å². The average Bonchev–Trinajstić information content (AvgIpc) is 3.11. The van der Waals surface area contributed by atoms with E-state index >= 15 is 0 Å². The minimum Gasteiger partial charge on any atom is -0.369 e. The highest BCUT2D eigenvalue weighted by molar-refractivity contribution is 6.30. The Morgan fingerprint density at radius 3 is 3.12 bits per heavy atom. The van der Waals surface area contributed by atoms with Crippen molar-refractivity contribution < 1.29 is 0 Å². The number of likely N-dealkylation sites (tertiary alicyclic amines) is 1. The summed E-state index contributed by atoms with van der Waals surface area (Å²) in [5.41, 5.74) is 2.16. The number of nitrogens with zero attached hydrogens (tertiary/aromatic N) is 3. The topological polar surface area (TPSA) is 56.8 Å². The highest BCUT2D eigenvalue weighted by Crippen LogP contribution is 2.26. The predicted molar refractivity (Wildman–Crippen MR) is 106 cm³/mol. The van der Waals surface area contributed by atoms with Gasteiger partial charge >= 0.3 is 0 Å². The van der Waals surface area contributed by atoms with E-state index in [4.69, 9.17) is 11.6 Å². The van der Waals surface area contributed by atoms with Crippen LogP contribution in [0.15, 0.2) is 42.9 Å². The van der Waals surface area contributed by atoms with Gasteiger partial charge in [-0.15, -0.1) is 0 Å². The number of H-pyrrole nitrogens is 1. The quantitative estimate of drug-likeness (QED) is 0.708. The number of aromatic amines is 1. The first-order valence-electron chi connectivity index (χ1n) is 9.18. The van der Waals surface area contributed by atoms with Crippen LogP contribution in [0.25, 0.3) is 11.0 Å². The van der Waals surface area contributed by atoms with E-state index in [1.54, 1.807) is 6.33 Å². The molecule has 2 N–H and O–H groups in total. The summed E-state index contributed by atoms with van der Waals surface area (Å²) in [7, 11) is 0. The number of hydrogen-bond donors (Lipinski definition) is 2. The summed E-state index contributed by atoms with van der Waals surface area (Å²) in [6, 6.07) is 10.2. The largest absolute Gasteiger partial charge is 0.369 e. The number of piperidine rings is 1. The van der Waals surface area contributed by atoms with E-state index in [1.807, 2.05) is 24.4 Å². The second-order valence-electron chi connectivity index (χ2n) is 7.23. The van der Waals surface area contributed by atoms with Crippen LogP contribution < -0.4 is 5.32 Å². The fraction of sp³-hybridized carbons (Fsp3) is 0.400. The molecule has 1 saturated heterocycles. The van der Waals surface area contributed by atoms with Crippen LogP contribution in [0.3, 0.4) is 0 Å². The van der Waals surface area contributed by atoms with Gasteiger partial charge in [0.1, 0.15) is 17.8 Å². The molecular weight excluding hydrogens is 346 g/mol. The Balaban J connectivity index is 1.40. The second-order valence-corrected chi connectivity index (χ2v) is 7.67. The predicted octanol–water partition coefficient (Wildman–Crippen LogP) is 4.18. The standard InChI is InChI=1S/C20H24ClN5/c1-14-6-8-26(11-15-3-2-4-17(21)9-15)12-16(14)10-23-20-18-5-7-22-19(18)24-13-25-20/h2-5,7,9,13-14,16H,6,8,10-12H2,1H3,(H2,22,23,24,25). The van der Waals surface area contributed by atoms with Crippen molar-refractivity contribution >= 4 is 28.5 Å². The van der Waals surface area contributed by atoms with Gasteiger partial charge in [-0.3, -0.25) is 4.90 Å². The molecule has 0 spiro atoms. The molecular formula is C20H24ClN5. The van der Waals surface area contributed by atoms with Crippen LogP contribution in [0.1, 0.15) is 18.9 Å². The van der Waals surface area contributed by atoms with Crippen LogP contribution in [0.2, 0.25) is 5.02 Å². The number of hydrogen-bond acceptors (Lipinski definition) is 4. The lowest BCUT2D eigenvalue weighted by Gasteiger charge is -2.37. The second kappa shape index (κ2) is 7.64. The van der Waals surface area contributed by atoms with Crippen molar-refractivity contribution in [3.05, 3.63) is 53.4 Å². The van der Waals surface area contributed by atoms with Gasteiger partial charge in [-0.05, 0) is 48.6 Å². The maximum Gasteiger partial charge on any atom is 0.142 e. The Morgan fingerprint density at radius 1 is 1.31 bits per heavy atom. The fourth-order valence-electron chi connectivity index (χ4n) is 3.77. The zero-order valence-electron chi connectivity index (χ0n) is 15.0. The number of aromatic nitrogens is 3. The average molecular weight is 370 g/mol. The van der Waals surface area contributed by atoms with Gasteiger partial charge in [0.15, 0.2) is 0 Å². The molecule has 5 nitrogen and oxygen atoms in total. The Kier molecular flexibility index (Phi) is 5.09. The number of benzene rings is 1. The van der Waals surface area contributed by atoms with Crippen molar-refractivity contribution in [2.75, 3.05) is 25.0 Å². The van der Waals surface area contributed by atoms with E-state index in [-0.39, 0.29) is 0 Å². The van der Waals surface area contributed by atoms with Crippen LogP contribution in [-0.4, -0.2) is 39.5 Å². The summed E-state index contributed by atoms with van der Waals surface area (Å²) < 4.78 is 0. The number of rotatable bonds is 5. The summed E-state index contributed by atoms with van der Waals surface area (Å²) in [5, 5.41) is 5.41. The van der Waals surface area contributed by atoms with Crippen molar-refractivity contribution in [3.63, 3.8) is 0 Å². The smallest absolute Gasteiger partial charge is 0.142 e. The molecule has 0 amide bonds. The molecule has 2 unspecified atom stereocenters. The van der Waals surface area contributed by atoms with E-state index in [9.17, 15) is 0 Å². The number of anilines is 1. The van der Waals surface area contributed by atoms with E-state index < -0.39 is 0 Å². The van der Waals surface area contributed by atoms with Gasteiger partial charge < -0.3 is 10.3 Å². The van der Waals surface area contributed by atoms with E-state index in [0.29, 0.717) is 11.8 Å². The van der Waals surface area contributed by atoms with Gasteiger partial charge in [0.25, 0.3) is 0 Å². The molecule has 0 aliphatic carbocycles. The Morgan fingerprint density at radius 2 is 2.23 bits per heavy atom. The summed E-state index contributed by atoms with van der Waals surface area (Å²) in [4.78, 5) is 14.3. The first-order valence-corrected chi connectivity index (χ1v) is 9.55. The van der Waals surface area contributed by atoms with Crippen molar-refractivity contribution in [1.29, 1.82) is 0 Å². The number of fused-ring (bicyclic) bond motifs is 1. The van der Waals surface area contributed by atoms with Crippen LogP contribution in [0.4, 0.5) is 5.82 Å². The zero-order valence-corrected chi connectivity index (χ0v) is 15.7. The van der Waals surface area contributed by atoms with Crippen LogP contribution >= 0.6 is 11.6 Å². The van der Waals surface area contributed by atoms with Gasteiger partial charge in [-0.2, -0.15) is 0 Å². The third-order valence-electron chi connectivity index (χ3n) is 5.38.